The fourth-order valence-corrected chi connectivity index (χ4v) is 4.67. The molecule has 37 heavy (non-hydrogen) atoms. The van der Waals surface area contributed by atoms with Crippen molar-refractivity contribution in [3.8, 4) is 16.9 Å². The Morgan fingerprint density at radius 2 is 1.84 bits per heavy atom. The average molecular weight is 522 g/mol. The molecule has 0 bridgehead atoms. The number of amides is 2. The number of hydrogen-bond donors (Lipinski definition) is 3. The van der Waals surface area contributed by atoms with Gasteiger partial charge in [0.25, 0.3) is 5.91 Å². The van der Waals surface area contributed by atoms with E-state index in [1.54, 1.807) is 30.3 Å². The van der Waals surface area contributed by atoms with E-state index in [4.69, 9.17) is 22.1 Å². The van der Waals surface area contributed by atoms with Crippen LogP contribution < -0.4 is 15.8 Å². The maximum Gasteiger partial charge on any atom is 0.255 e. The molecule has 0 aliphatic heterocycles. The summed E-state index contributed by atoms with van der Waals surface area (Å²) < 4.78 is 7.89. The number of nitrogens with two attached hydrogens (primary N) is 1. The molecule has 0 saturated heterocycles. The molecule has 1 heterocycles. The smallest absolute Gasteiger partial charge is 0.255 e. The van der Waals surface area contributed by atoms with Crippen molar-refractivity contribution in [2.24, 2.45) is 12.8 Å². The monoisotopic (exact) mass is 521 g/mol. The van der Waals surface area contributed by atoms with Gasteiger partial charge in [0.2, 0.25) is 5.91 Å². The zero-order chi connectivity index (χ0) is 26.5. The van der Waals surface area contributed by atoms with Gasteiger partial charge in [0.15, 0.2) is 0 Å². The van der Waals surface area contributed by atoms with Gasteiger partial charge in [0, 0.05) is 25.6 Å². The van der Waals surface area contributed by atoms with Gasteiger partial charge in [0.1, 0.15) is 5.75 Å². The Morgan fingerprint density at radius 3 is 2.54 bits per heavy atom. The number of primary amides is 1. The number of hydrogen-bond acceptors (Lipinski definition) is 4. The van der Waals surface area contributed by atoms with Crippen molar-refractivity contribution in [1.82, 2.24) is 9.88 Å². The van der Waals surface area contributed by atoms with Crippen LogP contribution in [-0.4, -0.2) is 40.7 Å². The number of fused-ring (bicyclic) bond motifs is 1. The van der Waals surface area contributed by atoms with Crippen LogP contribution in [0, 0.1) is 0 Å². The summed E-state index contributed by atoms with van der Waals surface area (Å²) in [6.07, 6.45) is 3.28. The molecule has 0 radical (unpaired) electrons. The molecule has 2 amide bonds. The lowest BCUT2D eigenvalue weighted by molar-refractivity contribution is 0.0911. The first-order valence-corrected chi connectivity index (χ1v) is 12.5. The van der Waals surface area contributed by atoms with Crippen molar-refractivity contribution in [3.63, 3.8) is 0 Å². The zero-order valence-corrected chi connectivity index (χ0v) is 21.6. The van der Waals surface area contributed by atoms with Gasteiger partial charge in [0.05, 0.1) is 35.4 Å². The minimum Gasteiger partial charge on any atom is -0.493 e. The summed E-state index contributed by atoms with van der Waals surface area (Å²) in [4.78, 5) is 25.0. The Bertz CT molecular complexity index is 1450. The Morgan fingerprint density at radius 1 is 1.11 bits per heavy atom. The summed E-state index contributed by atoms with van der Waals surface area (Å²) in [5, 5.41) is 14.4. The van der Waals surface area contributed by atoms with Crippen LogP contribution in [0.15, 0.2) is 66.9 Å². The third-order valence-corrected chi connectivity index (χ3v) is 6.57. The van der Waals surface area contributed by atoms with Crippen LogP contribution >= 0.6 is 11.6 Å². The van der Waals surface area contributed by atoms with Crippen LogP contribution in [0.1, 0.15) is 41.1 Å². The molecule has 0 aliphatic rings. The first-order valence-electron chi connectivity index (χ1n) is 12.1. The van der Waals surface area contributed by atoms with Crippen molar-refractivity contribution in [2.75, 3.05) is 13.2 Å². The largest absolute Gasteiger partial charge is 0.493 e. The van der Waals surface area contributed by atoms with Crippen LogP contribution in [0.25, 0.3) is 22.0 Å². The number of halogens is 1. The number of aryl methyl sites for hydroxylation is 1. The van der Waals surface area contributed by atoms with E-state index >= 15 is 0 Å². The molecule has 0 unspecified atom stereocenters. The SMILES string of the molecule is CCCOc1ccc(-c2ccc(C(N)=O)c(Cl)c2)cc1C(=O)N[C@@H](CO)Cc1cn(C)c2ccccc12.[HH]. The summed E-state index contributed by atoms with van der Waals surface area (Å²) in [5.74, 6) is -0.516. The maximum atomic E-state index is 13.5. The zero-order valence-electron chi connectivity index (χ0n) is 20.8. The number of para-hydroxylation sites is 1. The van der Waals surface area contributed by atoms with Crippen molar-refractivity contribution in [2.45, 2.75) is 25.8 Å². The number of rotatable bonds is 10. The highest BCUT2D eigenvalue weighted by molar-refractivity contribution is 6.34. The van der Waals surface area contributed by atoms with Crippen molar-refractivity contribution in [3.05, 3.63) is 88.6 Å². The number of carbonyl (C=O) groups is 2. The minimum absolute atomic E-state index is 0. The van der Waals surface area contributed by atoms with Crippen LogP contribution in [0.3, 0.4) is 0 Å². The molecule has 3 aromatic carbocycles. The van der Waals surface area contributed by atoms with Gasteiger partial charge in [-0.25, -0.2) is 0 Å². The quantitative estimate of drug-likeness (QED) is 0.274. The summed E-state index contributed by atoms with van der Waals surface area (Å²) in [5.41, 5.74) is 9.51. The van der Waals surface area contributed by atoms with Gasteiger partial charge in [-0.3, -0.25) is 9.59 Å². The van der Waals surface area contributed by atoms with E-state index in [0.717, 1.165) is 34.0 Å². The van der Waals surface area contributed by atoms with Crippen molar-refractivity contribution in [1.29, 1.82) is 0 Å². The van der Waals surface area contributed by atoms with Crippen molar-refractivity contribution >= 4 is 34.3 Å². The third kappa shape index (κ3) is 5.79. The highest BCUT2D eigenvalue weighted by atomic mass is 35.5. The molecule has 0 saturated carbocycles. The number of aromatic nitrogens is 1. The predicted octanol–water partition coefficient (Wildman–Crippen LogP) is 4.97. The van der Waals surface area contributed by atoms with Gasteiger partial charge < -0.3 is 25.5 Å². The Hall–Kier alpha value is -3.81. The molecule has 4 rings (SSSR count). The van der Waals surface area contributed by atoms with E-state index < -0.39 is 11.9 Å². The minimum atomic E-state index is -0.610. The molecule has 194 valence electrons. The van der Waals surface area contributed by atoms with E-state index in [9.17, 15) is 14.7 Å². The molecule has 7 nitrogen and oxygen atoms in total. The van der Waals surface area contributed by atoms with Gasteiger partial charge in [-0.2, -0.15) is 0 Å². The lowest BCUT2D eigenvalue weighted by atomic mass is 10.00. The van der Waals surface area contributed by atoms with Crippen molar-refractivity contribution < 1.29 is 20.9 Å². The first kappa shape index (κ1) is 26.3. The molecule has 1 aromatic heterocycles. The second kappa shape index (κ2) is 11.5. The summed E-state index contributed by atoms with van der Waals surface area (Å²) in [6.45, 7) is 2.23. The number of nitrogens with zero attached hydrogens (tertiary/aromatic N) is 1. The van der Waals surface area contributed by atoms with Gasteiger partial charge >= 0.3 is 0 Å². The fourth-order valence-electron chi connectivity index (χ4n) is 4.40. The molecule has 0 spiro atoms. The lowest BCUT2D eigenvalue weighted by Crippen LogP contribution is -2.39. The van der Waals surface area contributed by atoms with Crippen LogP contribution in [0.4, 0.5) is 0 Å². The summed E-state index contributed by atoms with van der Waals surface area (Å²) in [6, 6.07) is 17.8. The van der Waals surface area contributed by atoms with E-state index in [2.05, 4.69) is 5.32 Å². The highest BCUT2D eigenvalue weighted by Gasteiger charge is 2.20. The Kier molecular flexibility index (Phi) is 8.16. The van der Waals surface area contributed by atoms with Gasteiger partial charge in [-0.1, -0.05) is 48.9 Å². The van der Waals surface area contributed by atoms with Crippen LogP contribution in [-0.2, 0) is 13.5 Å². The standard InChI is InChI=1S/C29H30ClN3O4.H2/c1-3-12-37-27-11-9-18(19-8-10-23(28(31)35)25(30)15-19)14-24(27)29(36)32-21(17-34)13-20-16-33(2)26-7-5-4-6-22(20)26;/h4-11,14-16,21,34H,3,12-13,17H2,1-2H3,(H2,31,35)(H,32,36);1H/t21-;/m1./s1. The van der Waals surface area contributed by atoms with E-state index in [-0.39, 0.29) is 24.5 Å². The summed E-state index contributed by atoms with van der Waals surface area (Å²) in [7, 11) is 1.98. The van der Waals surface area contributed by atoms with E-state index in [1.165, 1.54) is 0 Å². The average Bonchev–Trinajstić information content (AvgIpc) is 3.21. The number of nitrogens with one attached hydrogen (secondary N) is 1. The molecule has 0 aliphatic carbocycles. The topological polar surface area (TPSA) is 107 Å². The number of benzene rings is 3. The summed E-state index contributed by atoms with van der Waals surface area (Å²) >= 11 is 6.25. The maximum absolute atomic E-state index is 13.5. The highest BCUT2D eigenvalue weighted by Crippen LogP contribution is 2.30. The van der Waals surface area contributed by atoms with Gasteiger partial charge in [-0.05, 0) is 59.9 Å². The molecule has 0 fully saturated rings. The Labute approximate surface area is 222 Å². The number of aliphatic hydroxyl groups excluding tert-OH is 1. The second-order valence-corrected chi connectivity index (χ2v) is 9.36. The number of aliphatic hydroxyl groups is 1. The molecule has 1 atom stereocenters. The van der Waals surface area contributed by atoms with Crippen LogP contribution in [0.5, 0.6) is 5.75 Å². The second-order valence-electron chi connectivity index (χ2n) is 8.96. The van der Waals surface area contributed by atoms with E-state index in [1.807, 2.05) is 55.1 Å². The molecule has 4 N–H and O–H groups in total. The third-order valence-electron chi connectivity index (χ3n) is 6.26. The predicted molar refractivity (Wildman–Crippen MR) is 148 cm³/mol. The fraction of sp³-hybridized carbons (Fsp3) is 0.241. The number of carbonyl (C=O) groups excluding carboxylic acids is 2. The Balaban J connectivity index is 0.00000400. The van der Waals surface area contributed by atoms with Crippen LogP contribution in [0.2, 0.25) is 5.02 Å². The first-order chi connectivity index (χ1) is 17.8. The normalized spacial score (nSPS) is 11.9. The molecule has 4 aromatic rings. The molecular weight excluding hydrogens is 490 g/mol. The van der Waals surface area contributed by atoms with E-state index in [0.29, 0.717) is 24.3 Å². The lowest BCUT2D eigenvalue weighted by Gasteiger charge is -2.18. The van der Waals surface area contributed by atoms with Gasteiger partial charge in [-0.15, -0.1) is 0 Å². The number of ether oxygens (including phenoxy) is 1. The molecular formula is C29H32ClN3O4. The molecule has 8 heteroatoms.